The molecule has 1 aromatic carbocycles. The van der Waals surface area contributed by atoms with Gasteiger partial charge in [-0.1, -0.05) is 30.3 Å². The van der Waals surface area contributed by atoms with Gasteiger partial charge < -0.3 is 15.4 Å². The standard InChI is InChI=1S/C18H24N2O3.ClH/c1-2-23-17(22)15(13-6-4-3-5-7-13)20-16(21)14-12-18(14)8-10-19-11-9-18;/h3-7,14-15,19H,2,8-12H2,1H3,(H,20,21);1H/t14?,15-;/m1./s1. The van der Waals surface area contributed by atoms with E-state index in [4.69, 9.17) is 4.74 Å². The zero-order valence-electron chi connectivity index (χ0n) is 13.9. The Labute approximate surface area is 148 Å². The summed E-state index contributed by atoms with van der Waals surface area (Å²) in [5.41, 5.74) is 0.921. The van der Waals surface area contributed by atoms with E-state index in [1.54, 1.807) is 6.92 Å². The van der Waals surface area contributed by atoms with Crippen molar-refractivity contribution in [2.45, 2.75) is 32.2 Å². The zero-order chi connectivity index (χ0) is 16.3. The van der Waals surface area contributed by atoms with Gasteiger partial charge in [0.1, 0.15) is 0 Å². The third-order valence-electron chi connectivity index (χ3n) is 5.05. The average molecular weight is 353 g/mol. The van der Waals surface area contributed by atoms with Crippen molar-refractivity contribution in [3.05, 3.63) is 35.9 Å². The second-order valence-electron chi connectivity index (χ2n) is 6.47. The van der Waals surface area contributed by atoms with Gasteiger partial charge in [0.2, 0.25) is 5.91 Å². The van der Waals surface area contributed by atoms with E-state index < -0.39 is 12.0 Å². The minimum absolute atomic E-state index is 0. The number of benzene rings is 1. The Morgan fingerprint density at radius 1 is 1.29 bits per heavy atom. The Hall–Kier alpha value is -1.59. The molecule has 1 spiro atoms. The normalized spacial score (nSPS) is 22.1. The molecule has 24 heavy (non-hydrogen) atoms. The van der Waals surface area contributed by atoms with Gasteiger partial charge in [-0.05, 0) is 50.3 Å². The number of rotatable bonds is 5. The summed E-state index contributed by atoms with van der Waals surface area (Å²) in [6.45, 7) is 4.03. The van der Waals surface area contributed by atoms with Crippen LogP contribution in [0, 0.1) is 11.3 Å². The molecular formula is C18H25ClN2O3. The highest BCUT2D eigenvalue weighted by molar-refractivity contribution is 5.88. The lowest BCUT2D eigenvalue weighted by Gasteiger charge is -2.24. The van der Waals surface area contributed by atoms with E-state index in [0.29, 0.717) is 6.61 Å². The number of halogens is 1. The Morgan fingerprint density at radius 3 is 2.58 bits per heavy atom. The van der Waals surface area contributed by atoms with Crippen LogP contribution in [-0.2, 0) is 14.3 Å². The first-order chi connectivity index (χ1) is 11.2. The van der Waals surface area contributed by atoms with Crippen molar-refractivity contribution in [1.29, 1.82) is 0 Å². The van der Waals surface area contributed by atoms with E-state index in [-0.39, 0.29) is 29.6 Å². The molecule has 2 fully saturated rings. The maximum atomic E-state index is 12.6. The van der Waals surface area contributed by atoms with Gasteiger partial charge in [0.05, 0.1) is 6.61 Å². The third-order valence-corrected chi connectivity index (χ3v) is 5.05. The molecule has 0 radical (unpaired) electrons. The lowest BCUT2D eigenvalue weighted by Crippen LogP contribution is -2.38. The number of amides is 1. The SMILES string of the molecule is CCOC(=O)[C@H](NC(=O)C1CC12CCNCC2)c1ccccc1.Cl. The number of carbonyl (C=O) groups excluding carboxylic acids is 2. The molecule has 1 aromatic rings. The molecule has 0 bridgehead atoms. The summed E-state index contributed by atoms with van der Waals surface area (Å²) >= 11 is 0. The maximum Gasteiger partial charge on any atom is 0.333 e. The van der Waals surface area contributed by atoms with Gasteiger partial charge in [0.25, 0.3) is 0 Å². The number of piperidine rings is 1. The van der Waals surface area contributed by atoms with Crippen molar-refractivity contribution in [3.8, 4) is 0 Å². The first kappa shape index (κ1) is 18.7. The summed E-state index contributed by atoms with van der Waals surface area (Å²) in [5.74, 6) is -0.383. The lowest BCUT2D eigenvalue weighted by molar-refractivity contribution is -0.147. The van der Waals surface area contributed by atoms with Crippen molar-refractivity contribution in [2.75, 3.05) is 19.7 Å². The van der Waals surface area contributed by atoms with Crippen LogP contribution in [0.2, 0.25) is 0 Å². The first-order valence-corrected chi connectivity index (χ1v) is 8.39. The van der Waals surface area contributed by atoms with E-state index in [1.165, 1.54) is 0 Å². The van der Waals surface area contributed by atoms with E-state index in [9.17, 15) is 9.59 Å². The van der Waals surface area contributed by atoms with Crippen molar-refractivity contribution >= 4 is 24.3 Å². The van der Waals surface area contributed by atoms with E-state index >= 15 is 0 Å². The topological polar surface area (TPSA) is 67.4 Å². The van der Waals surface area contributed by atoms with Crippen LogP contribution in [0.25, 0.3) is 0 Å². The van der Waals surface area contributed by atoms with E-state index in [2.05, 4.69) is 10.6 Å². The fraction of sp³-hybridized carbons (Fsp3) is 0.556. The van der Waals surface area contributed by atoms with Crippen molar-refractivity contribution in [2.24, 2.45) is 11.3 Å². The molecule has 6 heteroatoms. The number of hydrogen-bond donors (Lipinski definition) is 2. The predicted molar refractivity (Wildman–Crippen MR) is 93.9 cm³/mol. The molecular weight excluding hydrogens is 328 g/mol. The number of carbonyl (C=O) groups is 2. The summed E-state index contributed by atoms with van der Waals surface area (Å²) in [6.07, 6.45) is 3.02. The van der Waals surface area contributed by atoms with Gasteiger partial charge >= 0.3 is 5.97 Å². The van der Waals surface area contributed by atoms with Crippen molar-refractivity contribution in [1.82, 2.24) is 10.6 Å². The van der Waals surface area contributed by atoms with Gasteiger partial charge in [-0.15, -0.1) is 12.4 Å². The summed E-state index contributed by atoms with van der Waals surface area (Å²) in [5, 5.41) is 6.25. The summed E-state index contributed by atoms with van der Waals surface area (Å²) in [6, 6.07) is 8.57. The first-order valence-electron chi connectivity index (χ1n) is 8.39. The highest BCUT2D eigenvalue weighted by atomic mass is 35.5. The number of hydrogen-bond acceptors (Lipinski definition) is 4. The van der Waals surface area contributed by atoms with Crippen LogP contribution in [0.1, 0.15) is 37.8 Å². The molecule has 5 nitrogen and oxygen atoms in total. The molecule has 1 aliphatic carbocycles. The van der Waals surface area contributed by atoms with Crippen LogP contribution in [0.4, 0.5) is 0 Å². The molecule has 132 valence electrons. The van der Waals surface area contributed by atoms with Gasteiger partial charge in [-0.25, -0.2) is 4.79 Å². The minimum Gasteiger partial charge on any atom is -0.464 e. The Kier molecular flexibility index (Phi) is 6.24. The van der Waals surface area contributed by atoms with Crippen molar-refractivity contribution < 1.29 is 14.3 Å². The molecule has 2 atom stereocenters. The highest BCUT2D eigenvalue weighted by Crippen LogP contribution is 2.58. The number of nitrogens with one attached hydrogen (secondary N) is 2. The molecule has 1 heterocycles. The van der Waals surface area contributed by atoms with Gasteiger partial charge in [0.15, 0.2) is 6.04 Å². The van der Waals surface area contributed by atoms with Crippen LogP contribution < -0.4 is 10.6 Å². The third kappa shape index (κ3) is 3.90. The van der Waals surface area contributed by atoms with Crippen LogP contribution in [0.3, 0.4) is 0 Å². The Balaban J connectivity index is 0.00000208. The molecule has 0 aromatic heterocycles. The van der Waals surface area contributed by atoms with Crippen molar-refractivity contribution in [3.63, 3.8) is 0 Å². The van der Waals surface area contributed by atoms with Crippen LogP contribution in [0.15, 0.2) is 30.3 Å². The van der Waals surface area contributed by atoms with Crippen LogP contribution >= 0.6 is 12.4 Å². The molecule has 2 N–H and O–H groups in total. The molecule has 1 amide bonds. The molecule has 1 aliphatic heterocycles. The molecule has 1 saturated carbocycles. The molecule has 1 saturated heterocycles. The van der Waals surface area contributed by atoms with Crippen LogP contribution in [0.5, 0.6) is 0 Å². The quantitative estimate of drug-likeness (QED) is 0.797. The number of esters is 1. The largest absolute Gasteiger partial charge is 0.464 e. The van der Waals surface area contributed by atoms with E-state index in [0.717, 1.165) is 37.9 Å². The Bertz CT molecular complexity index is 573. The highest BCUT2D eigenvalue weighted by Gasteiger charge is 2.58. The summed E-state index contributed by atoms with van der Waals surface area (Å²) in [4.78, 5) is 24.9. The van der Waals surface area contributed by atoms with Gasteiger partial charge in [0, 0.05) is 5.92 Å². The maximum absolute atomic E-state index is 12.6. The average Bonchev–Trinajstić information content (AvgIpc) is 3.27. The van der Waals surface area contributed by atoms with E-state index in [1.807, 2.05) is 30.3 Å². The minimum atomic E-state index is -0.719. The lowest BCUT2D eigenvalue weighted by atomic mass is 9.91. The second kappa shape index (κ2) is 7.99. The fourth-order valence-corrected chi connectivity index (χ4v) is 3.59. The molecule has 2 aliphatic rings. The zero-order valence-corrected chi connectivity index (χ0v) is 14.7. The predicted octanol–water partition coefficient (Wildman–Crippen LogP) is 2.22. The second-order valence-corrected chi connectivity index (χ2v) is 6.47. The summed E-state index contributed by atoms with van der Waals surface area (Å²) in [7, 11) is 0. The molecule has 1 unspecified atom stereocenters. The fourth-order valence-electron chi connectivity index (χ4n) is 3.59. The van der Waals surface area contributed by atoms with Crippen LogP contribution in [-0.4, -0.2) is 31.6 Å². The van der Waals surface area contributed by atoms with Gasteiger partial charge in [-0.2, -0.15) is 0 Å². The van der Waals surface area contributed by atoms with Gasteiger partial charge in [-0.3, -0.25) is 4.79 Å². The monoisotopic (exact) mass is 352 g/mol. The summed E-state index contributed by atoms with van der Waals surface area (Å²) < 4.78 is 5.13. The smallest absolute Gasteiger partial charge is 0.333 e. The number of ether oxygens (including phenoxy) is 1. The molecule has 3 rings (SSSR count). The Morgan fingerprint density at radius 2 is 1.96 bits per heavy atom.